The summed E-state index contributed by atoms with van der Waals surface area (Å²) in [5.41, 5.74) is 0. The molecule has 0 amide bonds. The summed E-state index contributed by atoms with van der Waals surface area (Å²) in [5, 5.41) is 0. The third-order valence-electron chi connectivity index (χ3n) is 0.287. The van der Waals surface area contributed by atoms with Crippen LogP contribution in [0.3, 0.4) is 0 Å². The van der Waals surface area contributed by atoms with Gasteiger partial charge in [0.15, 0.2) is 0 Å². The molecule has 0 heterocycles. The van der Waals surface area contributed by atoms with Gasteiger partial charge in [-0.15, -0.1) is 0 Å². The minimum absolute atomic E-state index is 0. The second-order valence-electron chi connectivity index (χ2n) is 1.09. The van der Waals surface area contributed by atoms with Gasteiger partial charge in [0.05, 0.1) is 0 Å². The van der Waals surface area contributed by atoms with Gasteiger partial charge in [-0.1, -0.05) is 0 Å². The zero-order chi connectivity index (χ0) is 5.86. The zero-order valence-corrected chi connectivity index (χ0v) is 6.57. The van der Waals surface area contributed by atoms with E-state index in [4.69, 9.17) is 0 Å². The normalized spacial score (nSPS) is 6.00. The van der Waals surface area contributed by atoms with Crippen molar-refractivity contribution in [2.24, 2.45) is 0 Å². The van der Waals surface area contributed by atoms with Crippen LogP contribution in [0.25, 0.3) is 0 Å². The standard InChI is InChI=1S/C4H6O3.H2O.V/c1-3(5)7-4(2)6;;/h1-2H3;1H2;. The molecule has 2 N–H and O–H groups in total. The number of hydrogen-bond acceptors (Lipinski definition) is 3. The first-order valence-corrected chi connectivity index (χ1v) is 1.82. The van der Waals surface area contributed by atoms with Crippen LogP contribution < -0.4 is 0 Å². The summed E-state index contributed by atoms with van der Waals surface area (Å²) in [6, 6.07) is 0. The van der Waals surface area contributed by atoms with Gasteiger partial charge in [0.25, 0.3) is 0 Å². The molecule has 1 radical (unpaired) electrons. The molecule has 0 unspecified atom stereocenters. The molecular weight excluding hydrogens is 163 g/mol. The van der Waals surface area contributed by atoms with Crippen LogP contribution in [0.1, 0.15) is 13.8 Å². The smallest absolute Gasteiger partial charge is 0.310 e. The maximum Gasteiger partial charge on any atom is 0.310 e. The van der Waals surface area contributed by atoms with Crippen molar-refractivity contribution in [2.75, 3.05) is 0 Å². The summed E-state index contributed by atoms with van der Waals surface area (Å²) in [5.74, 6) is -1.12. The van der Waals surface area contributed by atoms with Crippen molar-refractivity contribution in [2.45, 2.75) is 13.8 Å². The maximum atomic E-state index is 9.81. The van der Waals surface area contributed by atoms with Gasteiger partial charge in [0.1, 0.15) is 0 Å². The van der Waals surface area contributed by atoms with Crippen LogP contribution in [0.15, 0.2) is 0 Å². The van der Waals surface area contributed by atoms with E-state index in [9.17, 15) is 9.59 Å². The van der Waals surface area contributed by atoms with Crippen molar-refractivity contribution in [3.05, 3.63) is 0 Å². The molecule has 4 nitrogen and oxygen atoms in total. The first-order valence-electron chi connectivity index (χ1n) is 1.82. The fourth-order valence-corrected chi connectivity index (χ4v) is 0.202. The molecule has 0 spiro atoms. The monoisotopic (exact) mass is 171 g/mol. The van der Waals surface area contributed by atoms with Gasteiger partial charge in [0, 0.05) is 32.4 Å². The summed E-state index contributed by atoms with van der Waals surface area (Å²) >= 11 is 0. The molecule has 0 atom stereocenters. The average molecular weight is 171 g/mol. The minimum atomic E-state index is -0.562. The molecule has 0 aromatic heterocycles. The summed E-state index contributed by atoms with van der Waals surface area (Å²) in [7, 11) is 0. The van der Waals surface area contributed by atoms with E-state index in [-0.39, 0.29) is 24.0 Å². The van der Waals surface area contributed by atoms with Crippen molar-refractivity contribution >= 4 is 11.9 Å². The summed E-state index contributed by atoms with van der Waals surface area (Å²) in [4.78, 5) is 19.6. The Kier molecular flexibility index (Phi) is 13.6. The SMILES string of the molecule is CC(=O)OC(C)=O.O.[V]. The van der Waals surface area contributed by atoms with E-state index < -0.39 is 11.9 Å². The molecule has 0 bridgehead atoms. The molecule has 0 rings (SSSR count). The van der Waals surface area contributed by atoms with Crippen LogP contribution >= 0.6 is 0 Å². The van der Waals surface area contributed by atoms with Crippen LogP contribution in [0.2, 0.25) is 0 Å². The largest absolute Gasteiger partial charge is 0.412 e. The number of ether oxygens (including phenoxy) is 1. The Balaban J connectivity index is -0.000000180. The molecule has 0 aromatic rings. The van der Waals surface area contributed by atoms with Crippen LogP contribution in [-0.2, 0) is 32.9 Å². The zero-order valence-electron chi connectivity index (χ0n) is 5.17. The maximum absolute atomic E-state index is 9.81. The Morgan fingerprint density at radius 1 is 1.11 bits per heavy atom. The van der Waals surface area contributed by atoms with E-state index in [0.29, 0.717) is 0 Å². The number of rotatable bonds is 0. The first kappa shape index (κ1) is 15.9. The molecule has 5 heteroatoms. The summed E-state index contributed by atoms with van der Waals surface area (Å²) in [6.45, 7) is 2.36. The van der Waals surface area contributed by atoms with E-state index in [1.807, 2.05) is 0 Å². The molecule has 0 aliphatic rings. The Hall–Kier alpha value is -0.316. The second kappa shape index (κ2) is 7.68. The number of carbonyl (C=O) groups excluding carboxylic acids is 2. The van der Waals surface area contributed by atoms with Crippen molar-refractivity contribution in [1.29, 1.82) is 0 Å². The fraction of sp³-hybridized carbons (Fsp3) is 0.500. The second-order valence-corrected chi connectivity index (χ2v) is 1.09. The molecule has 0 aromatic carbocycles. The Morgan fingerprint density at radius 2 is 1.33 bits per heavy atom. The summed E-state index contributed by atoms with van der Waals surface area (Å²) < 4.78 is 3.97. The van der Waals surface area contributed by atoms with Gasteiger partial charge in [-0.05, 0) is 0 Å². The molecule has 0 saturated heterocycles. The third kappa shape index (κ3) is 18.3. The van der Waals surface area contributed by atoms with E-state index >= 15 is 0 Å². The quantitative estimate of drug-likeness (QED) is 0.356. The Morgan fingerprint density at radius 3 is 1.33 bits per heavy atom. The number of carbonyl (C=O) groups is 2. The Bertz CT molecular complexity index is 88.7. The van der Waals surface area contributed by atoms with E-state index in [2.05, 4.69) is 4.74 Å². The molecule has 0 saturated carbocycles. The predicted molar refractivity (Wildman–Crippen MR) is 26.1 cm³/mol. The topological polar surface area (TPSA) is 74.9 Å². The third-order valence-corrected chi connectivity index (χ3v) is 0.287. The predicted octanol–water partition coefficient (Wildman–Crippen LogP) is -0.731. The Labute approximate surface area is 64.8 Å². The van der Waals surface area contributed by atoms with E-state index in [0.717, 1.165) is 0 Å². The van der Waals surface area contributed by atoms with Crippen molar-refractivity contribution in [3.63, 3.8) is 0 Å². The van der Waals surface area contributed by atoms with Crippen LogP contribution in [-0.4, -0.2) is 17.4 Å². The van der Waals surface area contributed by atoms with Crippen molar-refractivity contribution < 1.29 is 38.4 Å². The number of esters is 2. The molecule has 53 valence electrons. The fourth-order valence-electron chi connectivity index (χ4n) is 0.202. The van der Waals surface area contributed by atoms with Gasteiger partial charge in [-0.3, -0.25) is 9.59 Å². The van der Waals surface area contributed by atoms with Gasteiger partial charge in [0.2, 0.25) is 0 Å². The van der Waals surface area contributed by atoms with Crippen LogP contribution in [0.4, 0.5) is 0 Å². The van der Waals surface area contributed by atoms with E-state index in [1.54, 1.807) is 0 Å². The van der Waals surface area contributed by atoms with E-state index in [1.165, 1.54) is 13.8 Å². The minimum Gasteiger partial charge on any atom is -0.412 e. The van der Waals surface area contributed by atoms with Crippen molar-refractivity contribution in [3.8, 4) is 0 Å². The van der Waals surface area contributed by atoms with Gasteiger partial charge in [-0.25, -0.2) is 0 Å². The molecule has 0 aliphatic carbocycles. The van der Waals surface area contributed by atoms with Crippen molar-refractivity contribution in [1.82, 2.24) is 0 Å². The molecular formula is C4H8O4V. The average Bonchev–Trinajstić information content (AvgIpc) is 1.27. The van der Waals surface area contributed by atoms with Gasteiger partial charge < -0.3 is 10.2 Å². The van der Waals surface area contributed by atoms with Crippen LogP contribution in [0, 0.1) is 0 Å². The molecule has 0 fully saturated rings. The van der Waals surface area contributed by atoms with Gasteiger partial charge >= 0.3 is 11.9 Å². The summed E-state index contributed by atoms with van der Waals surface area (Å²) in [6.07, 6.45) is 0. The first-order chi connectivity index (χ1) is 3.13. The molecule has 9 heavy (non-hydrogen) atoms. The van der Waals surface area contributed by atoms with Gasteiger partial charge in [-0.2, -0.15) is 0 Å². The number of hydrogen-bond donors (Lipinski definition) is 0. The van der Waals surface area contributed by atoms with Crippen LogP contribution in [0.5, 0.6) is 0 Å². The molecule has 0 aliphatic heterocycles.